The molecular weight excluding hydrogens is 582 g/mol. The lowest BCUT2D eigenvalue weighted by Gasteiger charge is -2.37. The molecule has 3 fully saturated rings. The van der Waals surface area contributed by atoms with Gasteiger partial charge in [-0.15, -0.1) is 10.2 Å². The quantitative estimate of drug-likeness (QED) is 0.389. The van der Waals surface area contributed by atoms with E-state index in [1.165, 1.54) is 0 Å². The second-order valence-electron chi connectivity index (χ2n) is 13.0. The number of H-pyrrole nitrogens is 1. The summed E-state index contributed by atoms with van der Waals surface area (Å²) < 4.78 is 0. The number of aromatic nitrogens is 4. The molecule has 7 rings (SSSR count). The Labute approximate surface area is 268 Å². The van der Waals surface area contributed by atoms with E-state index in [0.29, 0.717) is 49.2 Å². The Hall–Kier alpha value is -4.63. The number of benzene rings is 2. The number of amides is 3. The molecule has 4 heterocycles. The molecule has 1 aromatic heterocycles. The van der Waals surface area contributed by atoms with Crippen molar-refractivity contribution in [3.63, 3.8) is 0 Å². The lowest BCUT2D eigenvalue weighted by Crippen LogP contribution is -2.45. The highest BCUT2D eigenvalue weighted by atomic mass is 16.2. The summed E-state index contributed by atoms with van der Waals surface area (Å²) in [6.07, 6.45) is 5.42. The van der Waals surface area contributed by atoms with Crippen LogP contribution in [-0.4, -0.2) is 104 Å². The lowest BCUT2D eigenvalue weighted by atomic mass is 9.67. The third-order valence-electron chi connectivity index (χ3n) is 10.2. The molecule has 12 heteroatoms. The fourth-order valence-corrected chi connectivity index (χ4v) is 7.51. The van der Waals surface area contributed by atoms with Crippen LogP contribution in [0.5, 0.6) is 0 Å². The van der Waals surface area contributed by atoms with Gasteiger partial charge in [-0.05, 0) is 98.4 Å². The van der Waals surface area contributed by atoms with Crippen LogP contribution in [0.4, 0.5) is 0 Å². The molecule has 0 radical (unpaired) electrons. The fourth-order valence-electron chi connectivity index (χ4n) is 7.51. The number of nitriles is 1. The predicted octanol–water partition coefficient (Wildman–Crippen LogP) is 2.21. The summed E-state index contributed by atoms with van der Waals surface area (Å²) in [5.74, 6) is 0.475. The Balaban J connectivity index is 1.28. The summed E-state index contributed by atoms with van der Waals surface area (Å²) in [5.41, 5.74) is 4.46. The molecule has 3 amide bonds. The van der Waals surface area contributed by atoms with Crippen molar-refractivity contribution < 1.29 is 14.4 Å². The average molecular weight is 622 g/mol. The smallest absolute Gasteiger partial charge is 0.253 e. The number of carbonyl (C=O) groups is 3. The van der Waals surface area contributed by atoms with Gasteiger partial charge in [-0.3, -0.25) is 14.4 Å². The highest BCUT2D eigenvalue weighted by Crippen LogP contribution is 2.47. The van der Waals surface area contributed by atoms with Crippen molar-refractivity contribution in [2.75, 3.05) is 39.3 Å². The van der Waals surface area contributed by atoms with E-state index in [9.17, 15) is 19.6 Å². The van der Waals surface area contributed by atoms with Gasteiger partial charge >= 0.3 is 0 Å². The van der Waals surface area contributed by atoms with Crippen molar-refractivity contribution in [1.29, 1.82) is 5.26 Å². The molecule has 46 heavy (non-hydrogen) atoms. The summed E-state index contributed by atoms with van der Waals surface area (Å²) >= 11 is 0. The number of nitrogens with one attached hydrogen (secondary N) is 2. The molecular formula is C34H39N9O3. The minimum absolute atomic E-state index is 0.0366. The first-order valence-corrected chi connectivity index (χ1v) is 16.4. The third kappa shape index (κ3) is 5.22. The number of hydrogen-bond donors (Lipinski definition) is 2. The first-order chi connectivity index (χ1) is 22.4. The Morgan fingerprint density at radius 3 is 2.07 bits per heavy atom. The zero-order valence-corrected chi connectivity index (χ0v) is 26.2. The Bertz CT molecular complexity index is 1610. The van der Waals surface area contributed by atoms with Gasteiger partial charge < -0.3 is 20.0 Å². The Kier molecular flexibility index (Phi) is 8.02. The minimum Gasteiger partial charge on any atom is -0.339 e. The molecule has 3 aliphatic heterocycles. The summed E-state index contributed by atoms with van der Waals surface area (Å²) in [6.45, 7) is 5.83. The summed E-state index contributed by atoms with van der Waals surface area (Å²) in [6, 6.07) is 13.6. The van der Waals surface area contributed by atoms with Gasteiger partial charge in [-0.2, -0.15) is 10.5 Å². The SMILES string of the molecule is C[C@@H](CC1(c2nn[nH]n2)c2ccc(C(=O)N3CCC3)cc2CCc2cc(C(=O)N3CCC3)ccc21)NCC(=O)N1CCC[C@H]1C#N. The number of likely N-dealkylation sites (tertiary alicyclic amines) is 3. The number of rotatable bonds is 8. The van der Waals surface area contributed by atoms with Gasteiger partial charge in [0.1, 0.15) is 6.04 Å². The zero-order valence-electron chi connectivity index (χ0n) is 26.2. The van der Waals surface area contributed by atoms with Gasteiger partial charge in [0.25, 0.3) is 11.8 Å². The van der Waals surface area contributed by atoms with Crippen LogP contribution in [-0.2, 0) is 23.1 Å². The van der Waals surface area contributed by atoms with Crippen molar-refractivity contribution in [2.24, 2.45) is 0 Å². The second-order valence-corrected chi connectivity index (χ2v) is 13.0. The predicted molar refractivity (Wildman–Crippen MR) is 168 cm³/mol. The first kappa shape index (κ1) is 30.0. The fraction of sp³-hybridized carbons (Fsp3) is 0.500. The summed E-state index contributed by atoms with van der Waals surface area (Å²) in [7, 11) is 0. The Morgan fingerprint density at radius 2 is 1.57 bits per heavy atom. The van der Waals surface area contributed by atoms with Gasteiger partial charge in [0.15, 0.2) is 5.82 Å². The van der Waals surface area contributed by atoms with Gasteiger partial charge in [-0.1, -0.05) is 17.3 Å². The summed E-state index contributed by atoms with van der Waals surface area (Å²) in [5, 5.41) is 28.7. The normalized spacial score (nSPS) is 20.4. The van der Waals surface area contributed by atoms with Crippen LogP contribution >= 0.6 is 0 Å². The van der Waals surface area contributed by atoms with Gasteiger partial charge in [0, 0.05) is 49.9 Å². The van der Waals surface area contributed by atoms with Gasteiger partial charge in [0.2, 0.25) is 5.91 Å². The maximum atomic E-state index is 13.3. The largest absolute Gasteiger partial charge is 0.339 e. The molecule has 0 unspecified atom stereocenters. The number of hydrogen-bond acceptors (Lipinski definition) is 8. The van der Waals surface area contributed by atoms with E-state index in [1.54, 1.807) is 4.90 Å². The van der Waals surface area contributed by atoms with Crippen LogP contribution in [0.2, 0.25) is 0 Å². The molecule has 2 atom stereocenters. The standard InChI is InChI=1S/C34H39N9O3/c1-22(36-21-30(44)43-16-2-5-27(43)20-35)19-34(33-37-39-40-38-33)28-10-8-25(31(45)41-12-3-13-41)17-23(28)6-7-24-18-26(9-11-29(24)34)32(46)42-14-4-15-42/h8-11,17-18,22,27,36H,2-7,12-16,19,21H2,1H3,(H,37,38,39,40)/t22-,27-/m0/s1. The van der Waals surface area contributed by atoms with Crippen LogP contribution in [0, 0.1) is 11.3 Å². The van der Waals surface area contributed by atoms with Crippen molar-refractivity contribution >= 4 is 17.7 Å². The molecule has 12 nitrogen and oxygen atoms in total. The zero-order chi connectivity index (χ0) is 31.8. The lowest BCUT2D eigenvalue weighted by molar-refractivity contribution is -0.130. The van der Waals surface area contributed by atoms with E-state index in [1.807, 2.05) is 53.1 Å². The molecule has 4 aliphatic rings. The molecule has 0 saturated carbocycles. The number of aryl methyl sites for hydroxylation is 2. The van der Waals surface area contributed by atoms with Crippen LogP contribution in [0.25, 0.3) is 0 Å². The van der Waals surface area contributed by atoms with E-state index in [4.69, 9.17) is 0 Å². The molecule has 0 bridgehead atoms. The molecule has 238 valence electrons. The van der Waals surface area contributed by atoms with Crippen LogP contribution in [0.15, 0.2) is 36.4 Å². The molecule has 3 aromatic rings. The number of nitrogens with zero attached hydrogens (tertiary/aromatic N) is 7. The topological polar surface area (TPSA) is 151 Å². The first-order valence-electron chi connectivity index (χ1n) is 16.4. The molecule has 2 aromatic carbocycles. The van der Waals surface area contributed by atoms with E-state index >= 15 is 0 Å². The van der Waals surface area contributed by atoms with Crippen molar-refractivity contribution in [3.8, 4) is 6.07 Å². The maximum absolute atomic E-state index is 13.3. The molecule has 1 aliphatic carbocycles. The van der Waals surface area contributed by atoms with E-state index < -0.39 is 5.41 Å². The number of fused-ring (bicyclic) bond motifs is 2. The van der Waals surface area contributed by atoms with Crippen LogP contribution < -0.4 is 5.32 Å². The maximum Gasteiger partial charge on any atom is 0.253 e. The highest BCUT2D eigenvalue weighted by molar-refractivity contribution is 5.96. The van der Waals surface area contributed by atoms with Crippen LogP contribution in [0.3, 0.4) is 0 Å². The van der Waals surface area contributed by atoms with E-state index in [2.05, 4.69) is 32.0 Å². The Morgan fingerprint density at radius 1 is 0.957 bits per heavy atom. The summed E-state index contributed by atoms with van der Waals surface area (Å²) in [4.78, 5) is 45.1. The van der Waals surface area contributed by atoms with Crippen LogP contribution in [0.1, 0.15) is 87.8 Å². The number of aromatic amines is 1. The molecule has 0 spiro atoms. The number of carbonyl (C=O) groups excluding carboxylic acids is 3. The monoisotopic (exact) mass is 621 g/mol. The molecule has 3 saturated heterocycles. The third-order valence-corrected chi connectivity index (χ3v) is 10.2. The van der Waals surface area contributed by atoms with Crippen molar-refractivity contribution in [1.82, 2.24) is 40.6 Å². The molecule has 2 N–H and O–H groups in total. The van der Waals surface area contributed by atoms with Gasteiger partial charge in [-0.25, -0.2) is 0 Å². The van der Waals surface area contributed by atoms with Crippen molar-refractivity contribution in [3.05, 3.63) is 75.6 Å². The average Bonchev–Trinajstić information content (AvgIpc) is 3.71. The van der Waals surface area contributed by atoms with Gasteiger partial charge in [0.05, 0.1) is 18.0 Å². The minimum atomic E-state index is -0.886. The van der Waals surface area contributed by atoms with E-state index in [0.717, 1.165) is 67.7 Å². The highest BCUT2D eigenvalue weighted by Gasteiger charge is 2.46. The number of tetrazole rings is 1. The van der Waals surface area contributed by atoms with E-state index in [-0.39, 0.29) is 36.3 Å². The second kappa shape index (κ2) is 12.3. The van der Waals surface area contributed by atoms with Crippen molar-refractivity contribution in [2.45, 2.75) is 69.4 Å².